The zero-order chi connectivity index (χ0) is 23.0. The molecule has 0 amide bonds. The van der Waals surface area contributed by atoms with Gasteiger partial charge in [0.05, 0.1) is 28.2 Å². The Morgan fingerprint density at radius 2 is 1.58 bits per heavy atom. The highest BCUT2D eigenvalue weighted by Gasteiger charge is 2.38. The van der Waals surface area contributed by atoms with Crippen molar-refractivity contribution in [3.63, 3.8) is 0 Å². The van der Waals surface area contributed by atoms with Crippen LogP contribution in [0.15, 0.2) is 35.3 Å². The number of aliphatic imine (C=N–C) groups is 1. The van der Waals surface area contributed by atoms with E-state index in [2.05, 4.69) is 10.3 Å². The number of anilines is 1. The molecule has 1 aliphatic heterocycles. The molecule has 2 aromatic carbocycles. The molecular formula is C21H20ClF6N3. The Morgan fingerprint density at radius 1 is 0.968 bits per heavy atom. The second-order valence-corrected chi connectivity index (χ2v) is 7.84. The molecule has 1 aliphatic rings. The Bertz CT molecular complexity index is 929. The summed E-state index contributed by atoms with van der Waals surface area (Å²) in [5, 5.41) is 3.37. The Balaban J connectivity index is 2.16. The SMILES string of the molecule is Cc1cc(C)c(NC(c2cc(C(F)(F)F)cc(C(F)(F)F)c2)N2C=NCCC2)c(Cl)c1. The monoisotopic (exact) mass is 463 g/mol. The number of aryl methyl sites for hydroxylation is 2. The maximum absolute atomic E-state index is 13.4. The van der Waals surface area contributed by atoms with Gasteiger partial charge in [-0.3, -0.25) is 4.99 Å². The summed E-state index contributed by atoms with van der Waals surface area (Å²) in [4.78, 5) is 5.71. The van der Waals surface area contributed by atoms with Crippen LogP contribution in [-0.4, -0.2) is 24.3 Å². The lowest BCUT2D eigenvalue weighted by molar-refractivity contribution is -0.143. The van der Waals surface area contributed by atoms with Gasteiger partial charge >= 0.3 is 12.4 Å². The Labute approximate surface area is 180 Å². The Hall–Kier alpha value is -2.42. The molecule has 31 heavy (non-hydrogen) atoms. The van der Waals surface area contributed by atoms with E-state index in [1.807, 2.05) is 13.0 Å². The number of nitrogens with one attached hydrogen (secondary N) is 1. The maximum Gasteiger partial charge on any atom is 0.416 e. The topological polar surface area (TPSA) is 27.6 Å². The molecule has 2 aromatic rings. The third-order valence-electron chi connectivity index (χ3n) is 4.90. The van der Waals surface area contributed by atoms with Crippen LogP contribution in [0, 0.1) is 13.8 Å². The van der Waals surface area contributed by atoms with Crippen LogP contribution in [0.1, 0.15) is 40.4 Å². The molecule has 0 saturated carbocycles. The molecule has 0 bridgehead atoms. The first-order chi connectivity index (χ1) is 14.4. The van der Waals surface area contributed by atoms with Crippen molar-refractivity contribution in [3.8, 4) is 0 Å². The molecule has 0 aromatic heterocycles. The fourth-order valence-electron chi connectivity index (χ4n) is 3.49. The molecule has 1 atom stereocenters. The van der Waals surface area contributed by atoms with Crippen molar-refractivity contribution in [1.29, 1.82) is 0 Å². The van der Waals surface area contributed by atoms with Gasteiger partial charge in [0, 0.05) is 13.1 Å². The second kappa shape index (κ2) is 8.61. The minimum atomic E-state index is -4.94. The lowest BCUT2D eigenvalue weighted by Gasteiger charge is -2.34. The molecule has 3 rings (SSSR count). The molecule has 1 unspecified atom stereocenters. The van der Waals surface area contributed by atoms with E-state index >= 15 is 0 Å². The molecule has 0 saturated heterocycles. The summed E-state index contributed by atoms with van der Waals surface area (Å²) in [5.74, 6) is 0. The van der Waals surface area contributed by atoms with E-state index in [0.717, 1.165) is 17.7 Å². The van der Waals surface area contributed by atoms with Gasteiger partial charge in [0.25, 0.3) is 0 Å². The highest BCUT2D eigenvalue weighted by Crippen LogP contribution is 2.39. The number of alkyl halides is 6. The van der Waals surface area contributed by atoms with Crippen molar-refractivity contribution in [3.05, 3.63) is 63.2 Å². The summed E-state index contributed by atoms with van der Waals surface area (Å²) < 4.78 is 80.4. The third-order valence-corrected chi connectivity index (χ3v) is 5.20. The Morgan fingerprint density at radius 3 is 2.06 bits per heavy atom. The highest BCUT2D eigenvalue weighted by atomic mass is 35.5. The van der Waals surface area contributed by atoms with E-state index in [-0.39, 0.29) is 11.6 Å². The summed E-state index contributed by atoms with van der Waals surface area (Å²) in [6, 6.07) is 5.07. The average molecular weight is 464 g/mol. The van der Waals surface area contributed by atoms with Gasteiger partial charge < -0.3 is 10.2 Å². The predicted molar refractivity (Wildman–Crippen MR) is 108 cm³/mol. The quantitative estimate of drug-likeness (QED) is 0.503. The van der Waals surface area contributed by atoms with Crippen molar-refractivity contribution in [2.75, 3.05) is 18.4 Å². The summed E-state index contributed by atoms with van der Waals surface area (Å²) >= 11 is 6.34. The zero-order valence-electron chi connectivity index (χ0n) is 16.7. The molecule has 1 heterocycles. The molecule has 0 radical (unpaired) electrons. The van der Waals surface area contributed by atoms with E-state index in [1.165, 1.54) is 6.34 Å². The molecular weight excluding hydrogens is 444 g/mol. The smallest absolute Gasteiger partial charge is 0.360 e. The van der Waals surface area contributed by atoms with Crippen molar-refractivity contribution < 1.29 is 26.3 Å². The lowest BCUT2D eigenvalue weighted by Crippen LogP contribution is -2.36. The summed E-state index contributed by atoms with van der Waals surface area (Å²) in [7, 11) is 0. The molecule has 0 fully saturated rings. The molecule has 0 spiro atoms. The maximum atomic E-state index is 13.4. The van der Waals surface area contributed by atoms with Gasteiger partial charge in [0.2, 0.25) is 0 Å². The first-order valence-corrected chi connectivity index (χ1v) is 9.82. The van der Waals surface area contributed by atoms with Crippen molar-refractivity contribution in [2.24, 2.45) is 4.99 Å². The second-order valence-electron chi connectivity index (χ2n) is 7.44. The van der Waals surface area contributed by atoms with Crippen LogP contribution in [0.2, 0.25) is 5.02 Å². The number of nitrogens with zero attached hydrogens (tertiary/aromatic N) is 2. The van der Waals surface area contributed by atoms with E-state index in [4.69, 9.17) is 11.6 Å². The number of halogens is 7. The van der Waals surface area contributed by atoms with Crippen LogP contribution in [0.4, 0.5) is 32.0 Å². The largest absolute Gasteiger partial charge is 0.416 e. The van der Waals surface area contributed by atoms with Crippen molar-refractivity contribution >= 4 is 23.6 Å². The van der Waals surface area contributed by atoms with Crippen LogP contribution in [0.3, 0.4) is 0 Å². The first kappa shape index (κ1) is 23.2. The summed E-state index contributed by atoms with van der Waals surface area (Å²) in [6.45, 7) is 4.53. The number of rotatable bonds is 4. The normalized spacial score (nSPS) is 15.8. The van der Waals surface area contributed by atoms with Gasteiger partial charge in [-0.1, -0.05) is 17.7 Å². The van der Waals surface area contributed by atoms with Crippen LogP contribution in [0.5, 0.6) is 0 Å². The first-order valence-electron chi connectivity index (χ1n) is 9.44. The Kier molecular flexibility index (Phi) is 6.45. The van der Waals surface area contributed by atoms with Crippen LogP contribution < -0.4 is 5.32 Å². The fourth-order valence-corrected chi connectivity index (χ4v) is 3.87. The number of hydrogen-bond donors (Lipinski definition) is 1. The lowest BCUT2D eigenvalue weighted by atomic mass is 10.0. The minimum absolute atomic E-state index is 0.120. The molecule has 0 aliphatic carbocycles. The molecule has 3 nitrogen and oxygen atoms in total. The highest BCUT2D eigenvalue weighted by molar-refractivity contribution is 6.33. The van der Waals surface area contributed by atoms with Gasteiger partial charge in [0.15, 0.2) is 0 Å². The third kappa shape index (κ3) is 5.44. The van der Waals surface area contributed by atoms with Gasteiger partial charge in [0.1, 0.15) is 6.17 Å². The predicted octanol–water partition coefficient (Wildman–Crippen LogP) is 6.84. The molecule has 1 N–H and O–H groups in total. The van der Waals surface area contributed by atoms with Crippen LogP contribution >= 0.6 is 11.6 Å². The minimum Gasteiger partial charge on any atom is -0.360 e. The zero-order valence-corrected chi connectivity index (χ0v) is 17.5. The summed E-state index contributed by atoms with van der Waals surface area (Å²) in [6.07, 6.45) is -8.86. The van der Waals surface area contributed by atoms with Gasteiger partial charge in [-0.25, -0.2) is 0 Å². The molecule has 168 valence electrons. The van der Waals surface area contributed by atoms with E-state index in [0.29, 0.717) is 35.8 Å². The number of hydrogen-bond acceptors (Lipinski definition) is 3. The van der Waals surface area contributed by atoms with Gasteiger partial charge in [-0.15, -0.1) is 0 Å². The molecule has 10 heteroatoms. The van der Waals surface area contributed by atoms with Crippen LogP contribution in [0.25, 0.3) is 0 Å². The van der Waals surface area contributed by atoms with Crippen LogP contribution in [-0.2, 0) is 12.4 Å². The van der Waals surface area contributed by atoms with E-state index in [9.17, 15) is 26.3 Å². The van der Waals surface area contributed by atoms with Gasteiger partial charge in [-0.05, 0) is 61.2 Å². The van der Waals surface area contributed by atoms with Gasteiger partial charge in [-0.2, -0.15) is 26.3 Å². The summed E-state index contributed by atoms with van der Waals surface area (Å²) in [5.41, 5.74) is -0.905. The fraction of sp³-hybridized carbons (Fsp3) is 0.381. The van der Waals surface area contributed by atoms with Crippen molar-refractivity contribution in [2.45, 2.75) is 38.8 Å². The standard InChI is InChI=1S/C21H20ClF6N3/c1-12-6-13(2)18(17(22)7-12)30-19(31-5-3-4-29-11-31)14-8-15(20(23,24)25)10-16(9-14)21(26,27)28/h6-11,19,30H,3-5H2,1-2H3. The number of benzene rings is 2. The van der Waals surface area contributed by atoms with E-state index in [1.54, 1.807) is 17.9 Å². The average Bonchev–Trinajstić information content (AvgIpc) is 2.66. The van der Waals surface area contributed by atoms with Crippen molar-refractivity contribution in [1.82, 2.24) is 4.90 Å². The van der Waals surface area contributed by atoms with E-state index < -0.39 is 29.6 Å².